The number of hydrogen-bond donors (Lipinski definition) is 2. The van der Waals surface area contributed by atoms with Crippen molar-refractivity contribution in [2.75, 3.05) is 11.9 Å². The first-order valence-corrected chi connectivity index (χ1v) is 9.32. The van der Waals surface area contributed by atoms with Gasteiger partial charge in [0.1, 0.15) is 11.6 Å². The van der Waals surface area contributed by atoms with E-state index in [1.54, 1.807) is 0 Å². The number of nitriles is 1. The number of nitrogens with zero attached hydrogens (tertiary/aromatic N) is 1. The molecule has 26 heavy (non-hydrogen) atoms. The van der Waals surface area contributed by atoms with Gasteiger partial charge < -0.3 is 10.6 Å². The highest BCUT2D eigenvalue weighted by Crippen LogP contribution is 2.21. The van der Waals surface area contributed by atoms with Crippen molar-refractivity contribution in [2.45, 2.75) is 26.7 Å². The van der Waals surface area contributed by atoms with Crippen LogP contribution in [0.1, 0.15) is 23.6 Å². The van der Waals surface area contributed by atoms with Gasteiger partial charge in [-0.15, -0.1) is 0 Å². The van der Waals surface area contributed by atoms with Crippen LogP contribution >= 0.6 is 15.9 Å². The monoisotopic (exact) mass is 411 g/mol. The highest BCUT2D eigenvalue weighted by atomic mass is 79.9. The first-order chi connectivity index (χ1) is 12.5. The third-order valence-electron chi connectivity index (χ3n) is 4.06. The van der Waals surface area contributed by atoms with Gasteiger partial charge in [0.2, 0.25) is 0 Å². The van der Waals surface area contributed by atoms with Crippen LogP contribution in [0, 0.1) is 18.3 Å². The molecule has 0 aliphatic carbocycles. The van der Waals surface area contributed by atoms with E-state index in [0.717, 1.165) is 34.1 Å². The molecule has 2 aromatic carbocycles. The van der Waals surface area contributed by atoms with Crippen LogP contribution < -0.4 is 10.6 Å². The van der Waals surface area contributed by atoms with Crippen molar-refractivity contribution in [3.8, 4) is 6.07 Å². The summed E-state index contributed by atoms with van der Waals surface area (Å²) in [5.74, 6) is -0.396. The van der Waals surface area contributed by atoms with Gasteiger partial charge in [-0.3, -0.25) is 4.79 Å². The molecule has 0 spiro atoms. The first-order valence-electron chi connectivity index (χ1n) is 8.53. The van der Waals surface area contributed by atoms with Crippen LogP contribution in [0.4, 0.5) is 5.69 Å². The highest BCUT2D eigenvalue weighted by molar-refractivity contribution is 9.10. The van der Waals surface area contributed by atoms with Gasteiger partial charge in [-0.25, -0.2) is 0 Å². The minimum Gasteiger partial charge on any atom is -0.389 e. The maximum Gasteiger partial charge on any atom is 0.267 e. The quantitative estimate of drug-likeness (QED) is 0.400. The van der Waals surface area contributed by atoms with Gasteiger partial charge in [0.15, 0.2) is 0 Å². The fourth-order valence-corrected chi connectivity index (χ4v) is 2.84. The molecule has 2 N–H and O–H groups in total. The molecule has 134 valence electrons. The van der Waals surface area contributed by atoms with E-state index in [1.165, 1.54) is 11.8 Å². The first kappa shape index (κ1) is 19.7. The second kappa shape index (κ2) is 9.79. The summed E-state index contributed by atoms with van der Waals surface area (Å²) < 4.78 is 1.04. The number of hydrogen-bond acceptors (Lipinski definition) is 3. The van der Waals surface area contributed by atoms with E-state index in [2.05, 4.69) is 26.6 Å². The Morgan fingerprint density at radius 1 is 1.23 bits per heavy atom. The van der Waals surface area contributed by atoms with Crippen LogP contribution in [0.2, 0.25) is 0 Å². The Morgan fingerprint density at radius 2 is 1.96 bits per heavy atom. The van der Waals surface area contributed by atoms with Gasteiger partial charge in [-0.2, -0.15) is 5.26 Å². The van der Waals surface area contributed by atoms with Gasteiger partial charge in [-0.05, 0) is 48.6 Å². The number of halogens is 1. The maximum atomic E-state index is 12.4. The van der Waals surface area contributed by atoms with Gasteiger partial charge >= 0.3 is 0 Å². The van der Waals surface area contributed by atoms with Crippen molar-refractivity contribution in [1.82, 2.24) is 5.32 Å². The minimum atomic E-state index is -0.396. The van der Waals surface area contributed by atoms with Crippen molar-refractivity contribution < 1.29 is 4.79 Å². The number of carbonyl (C=O) groups is 1. The molecular formula is C21H22BrN3O. The summed E-state index contributed by atoms with van der Waals surface area (Å²) in [4.78, 5) is 12.4. The average molecular weight is 412 g/mol. The fourth-order valence-electron chi connectivity index (χ4n) is 2.57. The fraction of sp³-hybridized carbons (Fsp3) is 0.238. The molecule has 0 aliphatic heterocycles. The van der Waals surface area contributed by atoms with E-state index in [9.17, 15) is 10.1 Å². The maximum absolute atomic E-state index is 12.4. The number of para-hydroxylation sites is 1. The van der Waals surface area contributed by atoms with Crippen LogP contribution in [-0.4, -0.2) is 12.5 Å². The normalized spacial score (nSPS) is 10.9. The van der Waals surface area contributed by atoms with E-state index in [1.807, 2.05) is 62.4 Å². The van der Waals surface area contributed by atoms with E-state index >= 15 is 0 Å². The average Bonchev–Trinajstić information content (AvgIpc) is 2.64. The lowest BCUT2D eigenvalue weighted by Crippen LogP contribution is -2.19. The number of benzene rings is 2. The van der Waals surface area contributed by atoms with E-state index in [4.69, 9.17) is 0 Å². The van der Waals surface area contributed by atoms with Crippen molar-refractivity contribution >= 4 is 27.5 Å². The van der Waals surface area contributed by atoms with Crippen molar-refractivity contribution in [1.29, 1.82) is 5.26 Å². The number of amides is 1. The predicted molar refractivity (Wildman–Crippen MR) is 109 cm³/mol. The number of nitrogens with one attached hydrogen (secondary N) is 2. The molecule has 2 rings (SSSR count). The van der Waals surface area contributed by atoms with Crippen LogP contribution in [-0.2, 0) is 17.6 Å². The Labute approximate surface area is 163 Å². The Kier molecular flexibility index (Phi) is 7.43. The standard InChI is InChI=1S/C21H22BrN3O/c1-3-17-6-4-5-15(2)20(17)25-21(26)18(13-23)14-24-12-11-16-7-9-19(22)10-8-16/h4-10,14,24H,3,11-12H2,1-2H3,(H,25,26)/b18-14-. The third kappa shape index (κ3) is 5.47. The van der Waals surface area contributed by atoms with E-state index in [0.29, 0.717) is 6.54 Å². The zero-order chi connectivity index (χ0) is 18.9. The summed E-state index contributed by atoms with van der Waals surface area (Å²) in [5, 5.41) is 15.2. The second-order valence-corrected chi connectivity index (χ2v) is 6.83. The second-order valence-electron chi connectivity index (χ2n) is 5.92. The Balaban J connectivity index is 1.97. The van der Waals surface area contributed by atoms with Crippen LogP contribution in [0.3, 0.4) is 0 Å². The molecule has 0 unspecified atom stereocenters. The molecule has 1 amide bonds. The molecule has 4 nitrogen and oxygen atoms in total. The summed E-state index contributed by atoms with van der Waals surface area (Å²) in [6.07, 6.45) is 3.11. The molecule has 2 aromatic rings. The molecule has 0 saturated heterocycles. The lowest BCUT2D eigenvalue weighted by atomic mass is 10.1. The molecule has 0 radical (unpaired) electrons. The zero-order valence-electron chi connectivity index (χ0n) is 15.0. The van der Waals surface area contributed by atoms with E-state index < -0.39 is 5.91 Å². The number of aryl methyl sites for hydroxylation is 2. The highest BCUT2D eigenvalue weighted by Gasteiger charge is 2.12. The molecule has 5 heteroatoms. The third-order valence-corrected chi connectivity index (χ3v) is 4.59. The summed E-state index contributed by atoms with van der Waals surface area (Å²) in [6.45, 7) is 4.63. The minimum absolute atomic E-state index is 0.0612. The zero-order valence-corrected chi connectivity index (χ0v) is 16.6. The largest absolute Gasteiger partial charge is 0.389 e. The lowest BCUT2D eigenvalue weighted by molar-refractivity contribution is -0.112. The molecule has 0 heterocycles. The summed E-state index contributed by atoms with van der Waals surface area (Å²) in [6, 6.07) is 15.9. The van der Waals surface area contributed by atoms with Gasteiger partial charge in [0.05, 0.1) is 0 Å². The summed E-state index contributed by atoms with van der Waals surface area (Å²) in [7, 11) is 0. The smallest absolute Gasteiger partial charge is 0.267 e. The number of carbonyl (C=O) groups excluding carboxylic acids is 1. The number of rotatable bonds is 7. The summed E-state index contributed by atoms with van der Waals surface area (Å²) >= 11 is 3.41. The van der Waals surface area contributed by atoms with Gasteiger partial charge in [0, 0.05) is 22.9 Å². The van der Waals surface area contributed by atoms with Crippen LogP contribution in [0.25, 0.3) is 0 Å². The predicted octanol–water partition coefficient (Wildman–Crippen LogP) is 4.50. The Hall–Kier alpha value is -2.58. The Morgan fingerprint density at radius 3 is 2.62 bits per heavy atom. The molecular weight excluding hydrogens is 390 g/mol. The molecule has 0 fully saturated rings. The Bertz CT molecular complexity index is 835. The van der Waals surface area contributed by atoms with Crippen LogP contribution in [0.15, 0.2) is 58.7 Å². The molecule has 0 atom stereocenters. The van der Waals surface area contributed by atoms with Crippen molar-refractivity contribution in [3.05, 3.63) is 75.4 Å². The lowest BCUT2D eigenvalue weighted by Gasteiger charge is -2.12. The van der Waals surface area contributed by atoms with Crippen LogP contribution in [0.5, 0.6) is 0 Å². The van der Waals surface area contributed by atoms with Crippen molar-refractivity contribution in [2.24, 2.45) is 0 Å². The van der Waals surface area contributed by atoms with Gasteiger partial charge in [0.25, 0.3) is 5.91 Å². The summed E-state index contributed by atoms with van der Waals surface area (Å²) in [5.41, 5.74) is 4.07. The SMILES string of the molecule is CCc1cccc(C)c1NC(=O)/C(C#N)=C\NCCc1ccc(Br)cc1. The van der Waals surface area contributed by atoms with E-state index in [-0.39, 0.29) is 5.57 Å². The van der Waals surface area contributed by atoms with Crippen molar-refractivity contribution in [3.63, 3.8) is 0 Å². The number of anilines is 1. The molecule has 0 bridgehead atoms. The topological polar surface area (TPSA) is 64.9 Å². The van der Waals surface area contributed by atoms with Gasteiger partial charge in [-0.1, -0.05) is 53.2 Å². The molecule has 0 saturated carbocycles. The molecule has 0 aromatic heterocycles. The molecule has 0 aliphatic rings.